The van der Waals surface area contributed by atoms with Crippen LogP contribution in [0.15, 0.2) is 24.3 Å². The minimum Gasteiger partial charge on any atom is -0.491 e. The molecule has 0 aliphatic carbocycles. The Balaban J connectivity index is 2.05. The van der Waals surface area contributed by atoms with Crippen LogP contribution in [0, 0.1) is 5.92 Å². The third kappa shape index (κ3) is 3.22. The van der Waals surface area contributed by atoms with E-state index in [0.717, 1.165) is 30.9 Å². The molecule has 0 bridgehead atoms. The van der Waals surface area contributed by atoms with Gasteiger partial charge in [-0.25, -0.2) is 0 Å². The lowest BCUT2D eigenvalue weighted by molar-refractivity contribution is 0.145. The molecule has 18 heavy (non-hydrogen) atoms. The first-order valence-electron chi connectivity index (χ1n) is 6.37. The van der Waals surface area contributed by atoms with E-state index in [1.807, 2.05) is 24.3 Å². The third-order valence-corrected chi connectivity index (χ3v) is 3.30. The molecule has 4 nitrogen and oxygen atoms in total. The van der Waals surface area contributed by atoms with E-state index >= 15 is 0 Å². The van der Waals surface area contributed by atoms with Gasteiger partial charge in [-0.1, -0.05) is 18.2 Å². The highest BCUT2D eigenvalue weighted by atomic mass is 16.5. The number of nitrogens with two attached hydrogens (primary N) is 1. The van der Waals surface area contributed by atoms with Gasteiger partial charge in [0.15, 0.2) is 0 Å². The maximum atomic E-state index is 6.31. The average Bonchev–Trinajstić information content (AvgIpc) is 2.93. The summed E-state index contributed by atoms with van der Waals surface area (Å²) in [6, 6.07) is 7.93. The molecule has 0 radical (unpaired) electrons. The predicted octanol–water partition coefficient (Wildman–Crippen LogP) is 1.75. The number of para-hydroxylation sites is 1. The Morgan fingerprint density at radius 1 is 1.39 bits per heavy atom. The van der Waals surface area contributed by atoms with Crippen LogP contribution in [0.1, 0.15) is 18.0 Å². The first-order valence-corrected chi connectivity index (χ1v) is 6.37. The summed E-state index contributed by atoms with van der Waals surface area (Å²) >= 11 is 0. The monoisotopic (exact) mass is 251 g/mol. The second-order valence-electron chi connectivity index (χ2n) is 4.53. The Morgan fingerprint density at radius 2 is 2.22 bits per heavy atom. The number of hydrogen-bond acceptors (Lipinski definition) is 4. The molecular weight excluding hydrogens is 230 g/mol. The van der Waals surface area contributed by atoms with Crippen molar-refractivity contribution in [2.24, 2.45) is 11.7 Å². The zero-order valence-electron chi connectivity index (χ0n) is 10.8. The Kier molecular flexibility index (Phi) is 4.99. The minimum atomic E-state index is -0.0220. The molecule has 1 heterocycles. The number of hydrogen-bond donors (Lipinski definition) is 1. The van der Waals surface area contributed by atoms with Crippen molar-refractivity contribution in [1.29, 1.82) is 0 Å². The molecule has 1 fully saturated rings. The number of methoxy groups -OCH3 is 1. The van der Waals surface area contributed by atoms with Gasteiger partial charge in [0.1, 0.15) is 12.4 Å². The molecule has 100 valence electrons. The van der Waals surface area contributed by atoms with E-state index in [0.29, 0.717) is 19.1 Å². The van der Waals surface area contributed by atoms with Crippen LogP contribution in [0.5, 0.6) is 5.75 Å². The Hall–Kier alpha value is -1.10. The smallest absolute Gasteiger partial charge is 0.124 e. The highest BCUT2D eigenvalue weighted by molar-refractivity contribution is 5.36. The summed E-state index contributed by atoms with van der Waals surface area (Å²) < 4.78 is 16.1. The van der Waals surface area contributed by atoms with Crippen molar-refractivity contribution in [3.8, 4) is 5.75 Å². The van der Waals surface area contributed by atoms with Gasteiger partial charge in [-0.3, -0.25) is 0 Å². The zero-order chi connectivity index (χ0) is 12.8. The van der Waals surface area contributed by atoms with Crippen LogP contribution in [0.3, 0.4) is 0 Å². The van der Waals surface area contributed by atoms with Crippen molar-refractivity contribution in [3.05, 3.63) is 29.8 Å². The molecule has 1 aromatic carbocycles. The van der Waals surface area contributed by atoms with Crippen molar-refractivity contribution in [2.75, 3.05) is 33.5 Å². The summed E-state index contributed by atoms with van der Waals surface area (Å²) in [5, 5.41) is 0. The lowest BCUT2D eigenvalue weighted by Gasteiger charge is -2.21. The lowest BCUT2D eigenvalue weighted by atomic mass is 9.92. The van der Waals surface area contributed by atoms with Crippen LogP contribution >= 0.6 is 0 Å². The van der Waals surface area contributed by atoms with Crippen LogP contribution in [-0.4, -0.2) is 33.5 Å². The molecule has 2 unspecified atom stereocenters. The van der Waals surface area contributed by atoms with Gasteiger partial charge in [0.2, 0.25) is 0 Å². The first kappa shape index (κ1) is 13.3. The molecule has 1 aliphatic heterocycles. The quantitative estimate of drug-likeness (QED) is 0.783. The van der Waals surface area contributed by atoms with Crippen LogP contribution in [-0.2, 0) is 9.47 Å². The Labute approximate surface area is 108 Å². The highest BCUT2D eigenvalue weighted by Crippen LogP contribution is 2.32. The van der Waals surface area contributed by atoms with Crippen molar-refractivity contribution in [1.82, 2.24) is 0 Å². The van der Waals surface area contributed by atoms with Crippen LogP contribution < -0.4 is 10.5 Å². The van der Waals surface area contributed by atoms with Gasteiger partial charge in [0, 0.05) is 31.2 Å². The summed E-state index contributed by atoms with van der Waals surface area (Å²) in [5.41, 5.74) is 7.37. The van der Waals surface area contributed by atoms with E-state index in [1.54, 1.807) is 7.11 Å². The standard InChI is InChI=1S/C14H21NO3/c1-16-8-9-18-13-5-3-2-4-12(13)14(15)11-6-7-17-10-11/h2-5,11,14H,6-10,15H2,1H3. The van der Waals surface area contributed by atoms with E-state index in [-0.39, 0.29) is 6.04 Å². The minimum absolute atomic E-state index is 0.0220. The second-order valence-corrected chi connectivity index (χ2v) is 4.53. The van der Waals surface area contributed by atoms with Gasteiger partial charge in [-0.2, -0.15) is 0 Å². The van der Waals surface area contributed by atoms with E-state index in [2.05, 4.69) is 0 Å². The number of rotatable bonds is 6. The molecular formula is C14H21NO3. The summed E-state index contributed by atoms with van der Waals surface area (Å²) in [6.45, 7) is 2.68. The maximum Gasteiger partial charge on any atom is 0.124 e. The van der Waals surface area contributed by atoms with Gasteiger partial charge in [-0.15, -0.1) is 0 Å². The SMILES string of the molecule is COCCOc1ccccc1C(N)C1CCOC1. The molecule has 1 aliphatic rings. The topological polar surface area (TPSA) is 53.7 Å². The molecule has 0 amide bonds. The normalized spacial score (nSPS) is 20.9. The molecule has 4 heteroatoms. The fourth-order valence-corrected chi connectivity index (χ4v) is 2.21. The van der Waals surface area contributed by atoms with Crippen molar-refractivity contribution < 1.29 is 14.2 Å². The Bertz CT molecular complexity index is 364. The van der Waals surface area contributed by atoms with Gasteiger partial charge in [0.25, 0.3) is 0 Å². The predicted molar refractivity (Wildman–Crippen MR) is 69.7 cm³/mol. The van der Waals surface area contributed by atoms with Crippen molar-refractivity contribution >= 4 is 0 Å². The van der Waals surface area contributed by atoms with Crippen LogP contribution in [0.2, 0.25) is 0 Å². The molecule has 1 aromatic rings. The summed E-state index contributed by atoms with van der Waals surface area (Å²) in [4.78, 5) is 0. The second kappa shape index (κ2) is 6.73. The van der Waals surface area contributed by atoms with Crippen molar-refractivity contribution in [3.63, 3.8) is 0 Å². The van der Waals surface area contributed by atoms with E-state index < -0.39 is 0 Å². The van der Waals surface area contributed by atoms with E-state index in [1.165, 1.54) is 0 Å². The molecule has 0 aromatic heterocycles. The van der Waals surface area contributed by atoms with Gasteiger partial charge in [-0.05, 0) is 12.5 Å². The molecule has 0 saturated carbocycles. The first-order chi connectivity index (χ1) is 8.83. The van der Waals surface area contributed by atoms with Gasteiger partial charge in [0.05, 0.1) is 13.2 Å². The summed E-state index contributed by atoms with van der Waals surface area (Å²) in [7, 11) is 1.66. The molecule has 0 spiro atoms. The molecule has 2 rings (SSSR count). The number of ether oxygens (including phenoxy) is 3. The average molecular weight is 251 g/mol. The van der Waals surface area contributed by atoms with Crippen molar-refractivity contribution in [2.45, 2.75) is 12.5 Å². The van der Waals surface area contributed by atoms with Gasteiger partial charge >= 0.3 is 0 Å². The fourth-order valence-electron chi connectivity index (χ4n) is 2.21. The van der Waals surface area contributed by atoms with Gasteiger partial charge < -0.3 is 19.9 Å². The Morgan fingerprint density at radius 3 is 2.94 bits per heavy atom. The zero-order valence-corrected chi connectivity index (χ0v) is 10.8. The van der Waals surface area contributed by atoms with Crippen LogP contribution in [0.4, 0.5) is 0 Å². The maximum absolute atomic E-state index is 6.31. The highest BCUT2D eigenvalue weighted by Gasteiger charge is 2.25. The number of benzene rings is 1. The fraction of sp³-hybridized carbons (Fsp3) is 0.571. The largest absolute Gasteiger partial charge is 0.491 e. The third-order valence-electron chi connectivity index (χ3n) is 3.30. The molecule has 1 saturated heterocycles. The van der Waals surface area contributed by atoms with E-state index in [4.69, 9.17) is 19.9 Å². The molecule has 2 atom stereocenters. The van der Waals surface area contributed by atoms with E-state index in [9.17, 15) is 0 Å². The molecule has 2 N–H and O–H groups in total. The summed E-state index contributed by atoms with van der Waals surface area (Å²) in [6.07, 6.45) is 1.02. The lowest BCUT2D eigenvalue weighted by Crippen LogP contribution is -2.22. The van der Waals surface area contributed by atoms with Crippen LogP contribution in [0.25, 0.3) is 0 Å². The summed E-state index contributed by atoms with van der Waals surface area (Å²) in [5.74, 6) is 1.24.